The van der Waals surface area contributed by atoms with Crippen molar-refractivity contribution in [3.63, 3.8) is 0 Å². The normalized spacial score (nSPS) is 12.2. The van der Waals surface area contributed by atoms with Crippen LogP contribution in [0, 0.1) is 5.82 Å². The van der Waals surface area contributed by atoms with Crippen molar-refractivity contribution in [2.75, 3.05) is 0 Å². The van der Waals surface area contributed by atoms with Gasteiger partial charge in [0.15, 0.2) is 11.6 Å². The van der Waals surface area contributed by atoms with Crippen molar-refractivity contribution in [1.29, 1.82) is 0 Å². The Morgan fingerprint density at radius 3 is 2.68 bits per heavy atom. The number of benzene rings is 2. The van der Waals surface area contributed by atoms with E-state index >= 15 is 0 Å². The van der Waals surface area contributed by atoms with E-state index in [1.165, 1.54) is 6.07 Å². The van der Waals surface area contributed by atoms with E-state index in [4.69, 9.17) is 22.1 Å². The maximum absolute atomic E-state index is 13.9. The van der Waals surface area contributed by atoms with Gasteiger partial charge in [0, 0.05) is 11.1 Å². The lowest BCUT2D eigenvalue weighted by Crippen LogP contribution is -2.18. The predicted molar refractivity (Wildman–Crippen MR) is 75.3 cm³/mol. The molecule has 0 spiro atoms. The predicted octanol–water partition coefficient (Wildman–Crippen LogP) is 4.16. The Hall–Kier alpha value is -1.58. The lowest BCUT2D eigenvalue weighted by molar-refractivity contribution is 0.434. The molecule has 0 fully saturated rings. The third-order valence-corrected chi connectivity index (χ3v) is 2.84. The van der Waals surface area contributed by atoms with Crippen LogP contribution in [0.2, 0.25) is 5.02 Å². The molecule has 100 valence electrons. The molecule has 1 unspecified atom stereocenters. The molecular formula is C15H15ClFNO. The van der Waals surface area contributed by atoms with Gasteiger partial charge in [-0.15, -0.1) is 0 Å². The van der Waals surface area contributed by atoms with Gasteiger partial charge in [-0.2, -0.15) is 0 Å². The SMILES string of the molecule is CC(N)Cc1cccc(F)c1Oc1cccc(Cl)c1. The third-order valence-electron chi connectivity index (χ3n) is 2.61. The summed E-state index contributed by atoms with van der Waals surface area (Å²) in [5, 5.41) is 0.544. The van der Waals surface area contributed by atoms with Gasteiger partial charge in [0.05, 0.1) is 0 Å². The molecule has 0 saturated heterocycles. The van der Waals surface area contributed by atoms with Crippen LogP contribution in [0.1, 0.15) is 12.5 Å². The summed E-state index contributed by atoms with van der Waals surface area (Å²) in [5.74, 6) is 0.309. The molecule has 0 aliphatic carbocycles. The number of rotatable bonds is 4. The monoisotopic (exact) mass is 279 g/mol. The Bertz CT molecular complexity index is 572. The van der Waals surface area contributed by atoms with Gasteiger partial charge in [0.2, 0.25) is 0 Å². The zero-order chi connectivity index (χ0) is 13.8. The minimum Gasteiger partial charge on any atom is -0.454 e. The second kappa shape index (κ2) is 6.04. The maximum Gasteiger partial charge on any atom is 0.166 e. The van der Waals surface area contributed by atoms with Crippen LogP contribution < -0.4 is 10.5 Å². The van der Waals surface area contributed by atoms with E-state index in [9.17, 15) is 4.39 Å². The van der Waals surface area contributed by atoms with E-state index in [0.717, 1.165) is 5.56 Å². The molecule has 0 aliphatic heterocycles. The molecule has 0 heterocycles. The fraction of sp³-hybridized carbons (Fsp3) is 0.200. The lowest BCUT2D eigenvalue weighted by atomic mass is 10.1. The largest absolute Gasteiger partial charge is 0.454 e. The molecule has 2 rings (SSSR count). The van der Waals surface area contributed by atoms with Gasteiger partial charge < -0.3 is 10.5 Å². The number of ether oxygens (including phenoxy) is 1. The van der Waals surface area contributed by atoms with Crippen LogP contribution in [-0.4, -0.2) is 6.04 Å². The Morgan fingerprint density at radius 2 is 2.00 bits per heavy atom. The molecule has 19 heavy (non-hydrogen) atoms. The highest BCUT2D eigenvalue weighted by Crippen LogP contribution is 2.30. The molecule has 2 N–H and O–H groups in total. The number of halogens is 2. The summed E-state index contributed by atoms with van der Waals surface area (Å²) in [6.07, 6.45) is 0.549. The van der Waals surface area contributed by atoms with Crippen LogP contribution in [0.3, 0.4) is 0 Å². The average Bonchev–Trinajstić information content (AvgIpc) is 2.33. The Morgan fingerprint density at radius 1 is 1.26 bits per heavy atom. The van der Waals surface area contributed by atoms with E-state index in [0.29, 0.717) is 17.2 Å². The maximum atomic E-state index is 13.9. The van der Waals surface area contributed by atoms with Crippen LogP contribution in [0.15, 0.2) is 42.5 Å². The van der Waals surface area contributed by atoms with Crippen LogP contribution in [0.25, 0.3) is 0 Å². The van der Waals surface area contributed by atoms with Gasteiger partial charge in [-0.05, 0) is 43.2 Å². The minimum absolute atomic E-state index is 0.0662. The molecule has 0 radical (unpaired) electrons. The average molecular weight is 280 g/mol. The van der Waals surface area contributed by atoms with Gasteiger partial charge in [0.1, 0.15) is 5.75 Å². The van der Waals surface area contributed by atoms with Crippen molar-refractivity contribution in [1.82, 2.24) is 0 Å². The summed E-state index contributed by atoms with van der Waals surface area (Å²) >= 11 is 5.88. The van der Waals surface area contributed by atoms with E-state index in [-0.39, 0.29) is 11.8 Å². The lowest BCUT2D eigenvalue weighted by Gasteiger charge is -2.13. The molecule has 4 heteroatoms. The van der Waals surface area contributed by atoms with Crippen molar-refractivity contribution in [2.24, 2.45) is 5.73 Å². The molecule has 2 aromatic rings. The highest BCUT2D eigenvalue weighted by Gasteiger charge is 2.12. The van der Waals surface area contributed by atoms with Gasteiger partial charge in [0.25, 0.3) is 0 Å². The van der Waals surface area contributed by atoms with E-state index in [2.05, 4.69) is 0 Å². The molecule has 0 aliphatic rings. The van der Waals surface area contributed by atoms with Crippen LogP contribution in [0.5, 0.6) is 11.5 Å². The van der Waals surface area contributed by atoms with E-state index < -0.39 is 5.82 Å². The molecule has 1 atom stereocenters. The number of hydrogen-bond acceptors (Lipinski definition) is 2. The second-order valence-electron chi connectivity index (χ2n) is 4.47. The van der Waals surface area contributed by atoms with E-state index in [1.807, 2.05) is 13.0 Å². The first kappa shape index (κ1) is 13.8. The van der Waals surface area contributed by atoms with Crippen LogP contribution in [-0.2, 0) is 6.42 Å². The number of hydrogen-bond donors (Lipinski definition) is 1. The fourth-order valence-electron chi connectivity index (χ4n) is 1.82. The number of nitrogens with two attached hydrogens (primary N) is 1. The minimum atomic E-state index is -0.405. The summed E-state index contributed by atoms with van der Waals surface area (Å²) in [5.41, 5.74) is 6.51. The summed E-state index contributed by atoms with van der Waals surface area (Å²) in [6.45, 7) is 1.87. The van der Waals surface area contributed by atoms with Gasteiger partial charge in [-0.3, -0.25) is 0 Å². The molecule has 0 aromatic heterocycles. The quantitative estimate of drug-likeness (QED) is 0.912. The number of para-hydroxylation sites is 1. The van der Waals surface area contributed by atoms with Gasteiger partial charge in [-0.25, -0.2) is 4.39 Å². The van der Waals surface area contributed by atoms with Gasteiger partial charge in [-0.1, -0.05) is 29.8 Å². The van der Waals surface area contributed by atoms with Crippen molar-refractivity contribution >= 4 is 11.6 Å². The first-order valence-corrected chi connectivity index (χ1v) is 6.40. The van der Waals surface area contributed by atoms with Crippen molar-refractivity contribution in [2.45, 2.75) is 19.4 Å². The Kier molecular flexibility index (Phi) is 4.40. The van der Waals surface area contributed by atoms with Crippen LogP contribution >= 0.6 is 11.6 Å². The first-order chi connectivity index (χ1) is 9.06. The molecule has 2 nitrogen and oxygen atoms in total. The summed E-state index contributed by atoms with van der Waals surface area (Å²) in [4.78, 5) is 0. The summed E-state index contributed by atoms with van der Waals surface area (Å²) < 4.78 is 19.5. The third kappa shape index (κ3) is 3.69. The molecular weight excluding hydrogens is 265 g/mol. The molecule has 2 aromatic carbocycles. The van der Waals surface area contributed by atoms with Crippen molar-refractivity contribution in [3.05, 3.63) is 58.9 Å². The highest BCUT2D eigenvalue weighted by molar-refractivity contribution is 6.30. The molecule has 0 saturated carbocycles. The molecule has 0 bridgehead atoms. The Labute approximate surface area is 117 Å². The standard InChI is InChI=1S/C15H15ClFNO/c1-10(18)8-11-4-2-7-14(17)15(11)19-13-6-3-5-12(16)9-13/h2-7,9-10H,8,18H2,1H3. The summed E-state index contributed by atoms with van der Waals surface area (Å²) in [7, 11) is 0. The second-order valence-corrected chi connectivity index (χ2v) is 4.91. The molecule has 0 amide bonds. The van der Waals surface area contributed by atoms with Gasteiger partial charge >= 0.3 is 0 Å². The smallest absolute Gasteiger partial charge is 0.166 e. The summed E-state index contributed by atoms with van der Waals surface area (Å²) in [6, 6.07) is 11.6. The highest BCUT2D eigenvalue weighted by atomic mass is 35.5. The fourth-order valence-corrected chi connectivity index (χ4v) is 2.00. The Balaban J connectivity index is 2.33. The van der Waals surface area contributed by atoms with Crippen LogP contribution in [0.4, 0.5) is 4.39 Å². The topological polar surface area (TPSA) is 35.2 Å². The zero-order valence-corrected chi connectivity index (χ0v) is 11.3. The van der Waals surface area contributed by atoms with E-state index in [1.54, 1.807) is 30.3 Å². The van der Waals surface area contributed by atoms with Crippen molar-refractivity contribution in [3.8, 4) is 11.5 Å². The first-order valence-electron chi connectivity index (χ1n) is 6.02. The van der Waals surface area contributed by atoms with Crippen molar-refractivity contribution < 1.29 is 9.13 Å². The zero-order valence-electron chi connectivity index (χ0n) is 10.6.